The number of nitrogens with one attached hydrogen (secondary N) is 2. The normalized spacial score (nSPS) is 10.4. The monoisotopic (exact) mass is 354 g/mol. The lowest BCUT2D eigenvalue weighted by Gasteiger charge is -2.10. The summed E-state index contributed by atoms with van der Waals surface area (Å²) >= 11 is 0. The quantitative estimate of drug-likeness (QED) is 0.404. The topological polar surface area (TPSA) is 24.1 Å². The van der Waals surface area contributed by atoms with Crippen LogP contribution in [0.2, 0.25) is 0 Å². The lowest BCUT2D eigenvalue weighted by Crippen LogP contribution is -1.93. The van der Waals surface area contributed by atoms with Crippen LogP contribution in [-0.2, 0) is 0 Å². The first-order chi connectivity index (χ1) is 13.3. The summed E-state index contributed by atoms with van der Waals surface area (Å²) in [5.41, 5.74) is 5.07. The fraction of sp³-hybridized carbons (Fsp3) is 0. The number of hydrogen-bond acceptors (Lipinski definition) is 2. The Hall–Kier alpha value is -3.59. The van der Waals surface area contributed by atoms with Gasteiger partial charge in [0.15, 0.2) is 0 Å². The molecule has 4 aromatic carbocycles. The largest absolute Gasteiger partial charge is 0.356 e. The van der Waals surface area contributed by atoms with Crippen molar-refractivity contribution in [1.82, 2.24) is 0 Å². The molecule has 0 atom stereocenters. The third kappa shape index (κ3) is 4.15. The first-order valence-electron chi connectivity index (χ1n) is 8.82. The molecule has 0 saturated heterocycles. The van der Waals surface area contributed by atoms with Crippen molar-refractivity contribution in [2.45, 2.75) is 0 Å². The molecule has 0 aliphatic heterocycles. The Balaban J connectivity index is 1.51. The van der Waals surface area contributed by atoms with Gasteiger partial charge in [-0.15, -0.1) is 0 Å². The van der Waals surface area contributed by atoms with Crippen LogP contribution in [0.1, 0.15) is 0 Å². The van der Waals surface area contributed by atoms with E-state index in [1.807, 2.05) is 91.0 Å². The third-order valence-corrected chi connectivity index (χ3v) is 4.29. The second kappa shape index (κ2) is 7.75. The van der Waals surface area contributed by atoms with Gasteiger partial charge in [-0.1, -0.05) is 48.5 Å². The lowest BCUT2D eigenvalue weighted by atomic mass is 10.0. The van der Waals surface area contributed by atoms with Gasteiger partial charge in [0.2, 0.25) is 0 Å². The Labute approximate surface area is 158 Å². The van der Waals surface area contributed by atoms with Crippen molar-refractivity contribution in [1.29, 1.82) is 0 Å². The highest BCUT2D eigenvalue weighted by Gasteiger charge is 2.07. The van der Waals surface area contributed by atoms with E-state index in [2.05, 4.69) is 10.6 Å². The highest BCUT2D eigenvalue weighted by Crippen LogP contribution is 2.28. The summed E-state index contributed by atoms with van der Waals surface area (Å²) in [7, 11) is 0. The molecule has 0 heterocycles. The molecule has 132 valence electrons. The minimum absolute atomic E-state index is 0.250. The molecule has 0 unspecified atom stereocenters. The number of benzene rings is 4. The molecule has 4 rings (SSSR count). The van der Waals surface area contributed by atoms with E-state index in [9.17, 15) is 4.39 Å². The maximum Gasteiger partial charge on any atom is 0.133 e. The predicted octanol–water partition coefficient (Wildman–Crippen LogP) is 6.98. The molecule has 0 amide bonds. The van der Waals surface area contributed by atoms with E-state index in [4.69, 9.17) is 0 Å². The third-order valence-electron chi connectivity index (χ3n) is 4.29. The van der Waals surface area contributed by atoms with Crippen LogP contribution in [0.3, 0.4) is 0 Å². The molecule has 3 heteroatoms. The van der Waals surface area contributed by atoms with Crippen LogP contribution in [0.4, 0.5) is 27.1 Å². The summed E-state index contributed by atoms with van der Waals surface area (Å²) < 4.78 is 14.6. The zero-order valence-electron chi connectivity index (χ0n) is 14.7. The zero-order valence-corrected chi connectivity index (χ0v) is 14.7. The standard InChI is InChI=1S/C24H19FN2/c25-24-17-22(27-20-9-5-2-6-10-20)15-16-23(24)18-11-13-21(14-12-18)26-19-7-3-1-4-8-19/h1-17,26-27H. The van der Waals surface area contributed by atoms with Crippen molar-refractivity contribution >= 4 is 22.7 Å². The summed E-state index contributed by atoms with van der Waals surface area (Å²) in [6.45, 7) is 0. The molecule has 0 spiro atoms. The van der Waals surface area contributed by atoms with Crippen LogP contribution in [0, 0.1) is 5.82 Å². The van der Waals surface area contributed by atoms with Crippen molar-refractivity contribution in [2.75, 3.05) is 10.6 Å². The fourth-order valence-corrected chi connectivity index (χ4v) is 2.94. The Morgan fingerprint density at radius 3 is 1.52 bits per heavy atom. The van der Waals surface area contributed by atoms with E-state index >= 15 is 0 Å². The summed E-state index contributed by atoms with van der Waals surface area (Å²) in [5, 5.41) is 6.54. The minimum Gasteiger partial charge on any atom is -0.356 e. The molecule has 0 fully saturated rings. The van der Waals surface area contributed by atoms with Crippen LogP contribution in [0.25, 0.3) is 11.1 Å². The van der Waals surface area contributed by atoms with E-state index in [0.717, 1.165) is 28.3 Å². The highest BCUT2D eigenvalue weighted by molar-refractivity contribution is 5.71. The van der Waals surface area contributed by atoms with Gasteiger partial charge in [-0.2, -0.15) is 0 Å². The molecule has 2 nitrogen and oxygen atoms in total. The number of halogens is 1. The lowest BCUT2D eigenvalue weighted by molar-refractivity contribution is 0.632. The number of anilines is 4. The molecule has 0 aromatic heterocycles. The predicted molar refractivity (Wildman–Crippen MR) is 111 cm³/mol. The first kappa shape index (κ1) is 16.9. The Bertz CT molecular complexity index is 1010. The van der Waals surface area contributed by atoms with Crippen molar-refractivity contribution < 1.29 is 4.39 Å². The SMILES string of the molecule is Fc1cc(Nc2ccccc2)ccc1-c1ccc(Nc2ccccc2)cc1. The molecule has 0 radical (unpaired) electrons. The van der Waals surface area contributed by atoms with Gasteiger partial charge in [-0.3, -0.25) is 0 Å². The van der Waals surface area contributed by atoms with Gasteiger partial charge in [-0.25, -0.2) is 4.39 Å². The average Bonchev–Trinajstić information content (AvgIpc) is 2.71. The van der Waals surface area contributed by atoms with E-state index in [-0.39, 0.29) is 5.82 Å². The van der Waals surface area contributed by atoms with Crippen molar-refractivity contribution in [3.05, 3.63) is 109 Å². The van der Waals surface area contributed by atoms with Gasteiger partial charge in [0.1, 0.15) is 5.82 Å². The van der Waals surface area contributed by atoms with E-state index < -0.39 is 0 Å². The van der Waals surface area contributed by atoms with Crippen LogP contribution in [0.15, 0.2) is 103 Å². The molecule has 4 aromatic rings. The van der Waals surface area contributed by atoms with Crippen LogP contribution >= 0.6 is 0 Å². The van der Waals surface area contributed by atoms with Gasteiger partial charge in [0, 0.05) is 28.3 Å². The van der Waals surface area contributed by atoms with Crippen LogP contribution in [-0.4, -0.2) is 0 Å². The molecule has 0 aliphatic rings. The maximum atomic E-state index is 14.6. The molecule has 2 N–H and O–H groups in total. The smallest absolute Gasteiger partial charge is 0.133 e. The maximum absolute atomic E-state index is 14.6. The van der Waals surface area contributed by atoms with E-state index in [1.54, 1.807) is 6.07 Å². The second-order valence-corrected chi connectivity index (χ2v) is 6.25. The minimum atomic E-state index is -0.250. The van der Waals surface area contributed by atoms with E-state index in [0.29, 0.717) is 5.56 Å². The summed E-state index contributed by atoms with van der Waals surface area (Å²) in [6.07, 6.45) is 0. The zero-order chi connectivity index (χ0) is 18.5. The van der Waals surface area contributed by atoms with Crippen molar-refractivity contribution in [2.24, 2.45) is 0 Å². The molecule has 0 bridgehead atoms. The molecule has 0 aliphatic carbocycles. The molecular weight excluding hydrogens is 335 g/mol. The number of hydrogen-bond donors (Lipinski definition) is 2. The molecular formula is C24H19FN2. The molecule has 0 saturated carbocycles. The Kier molecular flexibility index (Phi) is 4.84. The Morgan fingerprint density at radius 1 is 0.481 bits per heavy atom. The highest BCUT2D eigenvalue weighted by atomic mass is 19.1. The van der Waals surface area contributed by atoms with Crippen LogP contribution < -0.4 is 10.6 Å². The first-order valence-corrected chi connectivity index (χ1v) is 8.82. The number of para-hydroxylation sites is 2. The Morgan fingerprint density at radius 2 is 0.963 bits per heavy atom. The van der Waals surface area contributed by atoms with Gasteiger partial charge in [-0.05, 0) is 60.2 Å². The fourth-order valence-electron chi connectivity index (χ4n) is 2.94. The van der Waals surface area contributed by atoms with Gasteiger partial charge < -0.3 is 10.6 Å². The van der Waals surface area contributed by atoms with E-state index in [1.165, 1.54) is 6.07 Å². The van der Waals surface area contributed by atoms with Gasteiger partial charge in [0.05, 0.1) is 0 Å². The second-order valence-electron chi connectivity index (χ2n) is 6.25. The number of rotatable bonds is 5. The van der Waals surface area contributed by atoms with Gasteiger partial charge in [0.25, 0.3) is 0 Å². The summed E-state index contributed by atoms with van der Waals surface area (Å²) in [4.78, 5) is 0. The summed E-state index contributed by atoms with van der Waals surface area (Å²) in [6, 6.07) is 32.7. The molecule has 27 heavy (non-hydrogen) atoms. The average molecular weight is 354 g/mol. The van der Waals surface area contributed by atoms with Gasteiger partial charge >= 0.3 is 0 Å². The van der Waals surface area contributed by atoms with Crippen molar-refractivity contribution in [3.63, 3.8) is 0 Å². The summed E-state index contributed by atoms with van der Waals surface area (Å²) in [5.74, 6) is -0.250. The van der Waals surface area contributed by atoms with Crippen LogP contribution in [0.5, 0.6) is 0 Å². The van der Waals surface area contributed by atoms with Crippen molar-refractivity contribution in [3.8, 4) is 11.1 Å².